The number of carbonyl (C=O) groups is 3. The molecule has 0 aromatic heterocycles. The van der Waals surface area contributed by atoms with E-state index in [9.17, 15) is 14.4 Å². The molecule has 1 aliphatic carbocycles. The summed E-state index contributed by atoms with van der Waals surface area (Å²) in [4.78, 5) is 37.5. The minimum atomic E-state index is -0.942. The topological polar surface area (TPSA) is 86.7 Å². The third kappa shape index (κ3) is 4.95. The monoisotopic (exact) mass is 366 g/mol. The fourth-order valence-electron chi connectivity index (χ4n) is 2.37. The Hall–Kier alpha value is -2.08. The molecule has 0 heterocycles. The largest absolute Gasteiger partial charge is 0.481 e. The molecule has 1 saturated carbocycles. The molecule has 0 radical (unpaired) electrons. The molecule has 1 unspecified atom stereocenters. The number of nitrogens with one attached hydrogen (secondary N) is 1. The summed E-state index contributed by atoms with van der Waals surface area (Å²) in [5.74, 6) is -2.25. The highest BCUT2D eigenvalue weighted by Crippen LogP contribution is 2.31. The zero-order valence-electron chi connectivity index (χ0n) is 14.6. The summed E-state index contributed by atoms with van der Waals surface area (Å²) in [5, 5.41) is 12.1. The third-order valence-electron chi connectivity index (χ3n) is 4.13. The number of anilines is 1. The standard InChI is InChI=1S/C18H23ClN2O4/c1-10(2)16(22)20-12-4-7-15(19)14(8-12)17(23)21(13-5-6-13)9-11(3)18(24)25/h4,7-8,10-11,13H,5-6,9H2,1-3H3,(H,20,22)(H,24,25). The molecule has 25 heavy (non-hydrogen) atoms. The van der Waals surface area contributed by atoms with Crippen LogP contribution in [-0.4, -0.2) is 40.4 Å². The summed E-state index contributed by atoms with van der Waals surface area (Å²) in [6.45, 7) is 5.27. The Morgan fingerprint density at radius 1 is 1.28 bits per heavy atom. The number of carboxylic acid groups (broad SMARTS) is 1. The fraction of sp³-hybridized carbons (Fsp3) is 0.500. The van der Waals surface area contributed by atoms with Crippen molar-refractivity contribution < 1.29 is 19.5 Å². The van der Waals surface area contributed by atoms with Crippen molar-refractivity contribution in [3.05, 3.63) is 28.8 Å². The Morgan fingerprint density at radius 2 is 1.92 bits per heavy atom. The van der Waals surface area contributed by atoms with E-state index in [1.807, 2.05) is 0 Å². The van der Waals surface area contributed by atoms with Crippen molar-refractivity contribution in [2.24, 2.45) is 11.8 Å². The van der Waals surface area contributed by atoms with E-state index in [1.165, 1.54) is 0 Å². The first-order valence-corrected chi connectivity index (χ1v) is 8.72. The molecular weight excluding hydrogens is 344 g/mol. The Balaban J connectivity index is 2.23. The lowest BCUT2D eigenvalue weighted by atomic mass is 10.1. The van der Waals surface area contributed by atoms with Crippen LogP contribution in [0.5, 0.6) is 0 Å². The number of carboxylic acids is 1. The maximum atomic E-state index is 12.9. The zero-order valence-corrected chi connectivity index (χ0v) is 15.3. The van der Waals surface area contributed by atoms with Crippen molar-refractivity contribution in [2.75, 3.05) is 11.9 Å². The molecule has 0 saturated heterocycles. The van der Waals surface area contributed by atoms with Gasteiger partial charge < -0.3 is 15.3 Å². The number of halogens is 1. The lowest BCUT2D eigenvalue weighted by molar-refractivity contribution is -0.141. The average molecular weight is 367 g/mol. The molecule has 2 N–H and O–H groups in total. The lowest BCUT2D eigenvalue weighted by Gasteiger charge is -2.25. The van der Waals surface area contributed by atoms with Crippen LogP contribution in [0.1, 0.15) is 44.0 Å². The second-order valence-electron chi connectivity index (χ2n) is 6.77. The van der Waals surface area contributed by atoms with E-state index in [2.05, 4.69) is 5.32 Å². The zero-order chi connectivity index (χ0) is 18.7. The molecule has 2 rings (SSSR count). The van der Waals surface area contributed by atoms with Crippen LogP contribution < -0.4 is 5.32 Å². The number of nitrogens with zero attached hydrogens (tertiary/aromatic N) is 1. The van der Waals surface area contributed by atoms with E-state index < -0.39 is 11.9 Å². The Labute approximate surface area is 152 Å². The van der Waals surface area contributed by atoms with Crippen LogP contribution in [0.3, 0.4) is 0 Å². The summed E-state index contributed by atoms with van der Waals surface area (Å²) >= 11 is 6.18. The van der Waals surface area contributed by atoms with Crippen LogP contribution in [0.2, 0.25) is 5.02 Å². The summed E-state index contributed by atoms with van der Waals surface area (Å²) in [7, 11) is 0. The second kappa shape index (κ2) is 7.87. The number of aliphatic carboxylic acids is 1. The number of hydrogen-bond donors (Lipinski definition) is 2. The van der Waals surface area contributed by atoms with Gasteiger partial charge in [-0.15, -0.1) is 0 Å². The molecule has 0 aliphatic heterocycles. The first kappa shape index (κ1) is 19.2. The maximum absolute atomic E-state index is 12.9. The lowest BCUT2D eigenvalue weighted by Crippen LogP contribution is -2.38. The maximum Gasteiger partial charge on any atom is 0.308 e. The quantitative estimate of drug-likeness (QED) is 0.775. The minimum absolute atomic E-state index is 0.0549. The predicted octanol–water partition coefficient (Wildman–Crippen LogP) is 3.26. The van der Waals surface area contributed by atoms with Gasteiger partial charge >= 0.3 is 5.97 Å². The molecule has 2 amide bonds. The van der Waals surface area contributed by atoms with E-state index in [-0.39, 0.29) is 40.9 Å². The Kier molecular flexibility index (Phi) is 6.06. The number of benzene rings is 1. The van der Waals surface area contributed by atoms with Gasteiger partial charge in [-0.25, -0.2) is 0 Å². The number of rotatable bonds is 7. The van der Waals surface area contributed by atoms with Gasteiger partial charge in [0.1, 0.15) is 0 Å². The predicted molar refractivity (Wildman–Crippen MR) is 95.8 cm³/mol. The van der Waals surface area contributed by atoms with E-state index in [0.29, 0.717) is 5.69 Å². The van der Waals surface area contributed by atoms with Gasteiger partial charge in [0.05, 0.1) is 16.5 Å². The number of hydrogen-bond acceptors (Lipinski definition) is 3. The summed E-state index contributed by atoms with van der Waals surface area (Å²) in [6, 6.07) is 4.81. The molecule has 1 aromatic carbocycles. The molecule has 1 aromatic rings. The van der Waals surface area contributed by atoms with Crippen LogP contribution in [-0.2, 0) is 9.59 Å². The van der Waals surface area contributed by atoms with E-state index in [1.54, 1.807) is 43.9 Å². The van der Waals surface area contributed by atoms with Crippen molar-refractivity contribution in [3.8, 4) is 0 Å². The summed E-state index contributed by atoms with van der Waals surface area (Å²) in [6.07, 6.45) is 1.72. The van der Waals surface area contributed by atoms with Gasteiger partial charge in [0.15, 0.2) is 0 Å². The first-order valence-electron chi connectivity index (χ1n) is 8.35. The summed E-state index contributed by atoms with van der Waals surface area (Å²) in [5.41, 5.74) is 0.765. The number of carbonyl (C=O) groups excluding carboxylic acids is 2. The van der Waals surface area contributed by atoms with Gasteiger partial charge in [-0.3, -0.25) is 14.4 Å². The second-order valence-corrected chi connectivity index (χ2v) is 7.17. The van der Waals surface area contributed by atoms with Gasteiger partial charge in [-0.2, -0.15) is 0 Å². The van der Waals surface area contributed by atoms with Crippen LogP contribution >= 0.6 is 11.6 Å². The van der Waals surface area contributed by atoms with Crippen LogP contribution in [0.4, 0.5) is 5.69 Å². The van der Waals surface area contributed by atoms with Crippen molar-refractivity contribution in [1.29, 1.82) is 0 Å². The highest BCUT2D eigenvalue weighted by molar-refractivity contribution is 6.34. The number of amides is 2. The van der Waals surface area contributed by atoms with Crippen molar-refractivity contribution in [3.63, 3.8) is 0 Å². The van der Waals surface area contributed by atoms with Crippen LogP contribution in [0.15, 0.2) is 18.2 Å². The molecule has 136 valence electrons. The molecule has 1 fully saturated rings. The van der Waals surface area contributed by atoms with Crippen LogP contribution in [0.25, 0.3) is 0 Å². The fourth-order valence-corrected chi connectivity index (χ4v) is 2.56. The highest BCUT2D eigenvalue weighted by Gasteiger charge is 2.35. The molecule has 6 nitrogen and oxygen atoms in total. The van der Waals surface area contributed by atoms with Gasteiger partial charge in [0, 0.05) is 24.2 Å². The molecule has 1 atom stereocenters. The third-order valence-corrected chi connectivity index (χ3v) is 4.46. The van der Waals surface area contributed by atoms with Crippen LogP contribution in [0, 0.1) is 11.8 Å². The Bertz CT molecular complexity index is 686. The molecular formula is C18H23ClN2O4. The minimum Gasteiger partial charge on any atom is -0.481 e. The molecule has 0 spiro atoms. The van der Waals surface area contributed by atoms with Gasteiger partial charge in [-0.05, 0) is 31.0 Å². The Morgan fingerprint density at radius 3 is 2.44 bits per heavy atom. The SMILES string of the molecule is CC(C)C(=O)Nc1ccc(Cl)c(C(=O)N(CC(C)C(=O)O)C2CC2)c1. The van der Waals surface area contributed by atoms with Gasteiger partial charge in [-0.1, -0.05) is 32.4 Å². The van der Waals surface area contributed by atoms with E-state index in [0.717, 1.165) is 12.8 Å². The highest BCUT2D eigenvalue weighted by atomic mass is 35.5. The molecule has 0 bridgehead atoms. The van der Waals surface area contributed by atoms with E-state index >= 15 is 0 Å². The molecule has 7 heteroatoms. The first-order chi connectivity index (χ1) is 11.7. The van der Waals surface area contributed by atoms with Crippen molar-refractivity contribution >= 4 is 35.1 Å². The summed E-state index contributed by atoms with van der Waals surface area (Å²) < 4.78 is 0. The van der Waals surface area contributed by atoms with Crippen molar-refractivity contribution in [1.82, 2.24) is 4.90 Å². The molecule has 1 aliphatic rings. The normalized spacial score (nSPS) is 14.9. The smallest absolute Gasteiger partial charge is 0.308 e. The van der Waals surface area contributed by atoms with Crippen molar-refractivity contribution in [2.45, 2.75) is 39.7 Å². The van der Waals surface area contributed by atoms with Gasteiger partial charge in [0.2, 0.25) is 5.91 Å². The van der Waals surface area contributed by atoms with Gasteiger partial charge in [0.25, 0.3) is 5.91 Å². The average Bonchev–Trinajstić information content (AvgIpc) is 3.38. The van der Waals surface area contributed by atoms with E-state index in [4.69, 9.17) is 16.7 Å².